The minimum absolute atomic E-state index is 0.488. The number of nitrogens with one attached hydrogen (secondary N) is 1. The zero-order chi connectivity index (χ0) is 11.8. The summed E-state index contributed by atoms with van der Waals surface area (Å²) in [5.41, 5.74) is 2.01. The molecule has 2 heteroatoms. The largest absolute Gasteiger partial charge is 0.313 e. The van der Waals surface area contributed by atoms with Crippen LogP contribution >= 0.6 is 11.3 Å². The second-order valence-electron chi connectivity index (χ2n) is 5.69. The van der Waals surface area contributed by atoms with Crippen LogP contribution in [0.2, 0.25) is 0 Å². The van der Waals surface area contributed by atoms with Crippen LogP contribution in [-0.4, -0.2) is 7.05 Å². The van der Waals surface area contributed by atoms with Gasteiger partial charge >= 0.3 is 0 Å². The Bertz CT molecular complexity index is 353. The Morgan fingerprint density at radius 3 is 2.69 bits per heavy atom. The fraction of sp³-hybridized carbons (Fsp3) is 0.714. The maximum atomic E-state index is 3.55. The highest BCUT2D eigenvalue weighted by Gasteiger charge is 2.39. The molecule has 0 amide bonds. The smallest absolute Gasteiger partial charge is 0.0362 e. The van der Waals surface area contributed by atoms with Gasteiger partial charge in [-0.1, -0.05) is 20.3 Å². The highest BCUT2D eigenvalue weighted by atomic mass is 32.1. The molecule has 0 radical (unpaired) electrons. The van der Waals surface area contributed by atoms with Crippen LogP contribution < -0.4 is 5.32 Å². The molecule has 0 saturated heterocycles. The number of hydrogen-bond acceptors (Lipinski definition) is 2. The average Bonchev–Trinajstić information content (AvgIpc) is 2.77. The SMILES string of the molecule is CNC(c1ccsc1C)C1CCCC1(C)C. The Labute approximate surface area is 103 Å². The van der Waals surface area contributed by atoms with E-state index in [4.69, 9.17) is 0 Å². The van der Waals surface area contributed by atoms with Crippen LogP contribution in [0.15, 0.2) is 11.4 Å². The third kappa shape index (κ3) is 2.05. The van der Waals surface area contributed by atoms with Crippen LogP contribution in [0, 0.1) is 18.3 Å². The topological polar surface area (TPSA) is 12.0 Å². The van der Waals surface area contributed by atoms with Gasteiger partial charge in [0.05, 0.1) is 0 Å². The van der Waals surface area contributed by atoms with Gasteiger partial charge in [0.15, 0.2) is 0 Å². The van der Waals surface area contributed by atoms with Crippen molar-refractivity contribution in [2.75, 3.05) is 7.05 Å². The zero-order valence-corrected chi connectivity index (χ0v) is 11.7. The van der Waals surface area contributed by atoms with Gasteiger partial charge in [-0.25, -0.2) is 0 Å². The first-order chi connectivity index (χ1) is 7.56. The van der Waals surface area contributed by atoms with Gasteiger partial charge in [-0.15, -0.1) is 11.3 Å². The van der Waals surface area contributed by atoms with Gasteiger partial charge in [0.1, 0.15) is 0 Å². The Balaban J connectivity index is 2.27. The lowest BCUT2D eigenvalue weighted by atomic mass is 9.75. The van der Waals surface area contributed by atoms with E-state index < -0.39 is 0 Å². The highest BCUT2D eigenvalue weighted by Crippen LogP contribution is 2.49. The number of thiophene rings is 1. The summed E-state index contributed by atoms with van der Waals surface area (Å²) in [6.45, 7) is 7.10. The Morgan fingerprint density at radius 1 is 1.50 bits per heavy atom. The van der Waals surface area contributed by atoms with E-state index in [1.54, 1.807) is 0 Å². The van der Waals surface area contributed by atoms with Crippen LogP contribution in [0.25, 0.3) is 0 Å². The first-order valence-electron chi connectivity index (χ1n) is 6.27. The van der Waals surface area contributed by atoms with Gasteiger partial charge in [0.2, 0.25) is 0 Å². The summed E-state index contributed by atoms with van der Waals surface area (Å²) < 4.78 is 0. The van der Waals surface area contributed by atoms with E-state index in [2.05, 4.69) is 44.6 Å². The summed E-state index contributed by atoms with van der Waals surface area (Å²) in [7, 11) is 2.11. The minimum Gasteiger partial charge on any atom is -0.313 e. The predicted octanol–water partition coefficient (Wildman–Crippen LogP) is 4.14. The minimum atomic E-state index is 0.488. The average molecular weight is 237 g/mol. The van der Waals surface area contributed by atoms with E-state index in [0.717, 1.165) is 5.92 Å². The van der Waals surface area contributed by atoms with E-state index in [0.29, 0.717) is 11.5 Å². The fourth-order valence-electron chi connectivity index (χ4n) is 3.26. The monoisotopic (exact) mass is 237 g/mol. The molecule has 1 fully saturated rings. The molecule has 1 saturated carbocycles. The lowest BCUT2D eigenvalue weighted by Gasteiger charge is -2.34. The molecular formula is C14H23NS. The third-order valence-corrected chi connectivity index (χ3v) is 5.15. The van der Waals surface area contributed by atoms with Gasteiger partial charge in [-0.2, -0.15) is 0 Å². The standard InChI is InChI=1S/C14H23NS/c1-10-11(7-9-16-10)13(15-4)12-6-5-8-14(12,2)3/h7,9,12-13,15H,5-6,8H2,1-4H3. The maximum Gasteiger partial charge on any atom is 0.0362 e. The van der Waals surface area contributed by atoms with E-state index in [1.807, 2.05) is 11.3 Å². The molecule has 1 N–H and O–H groups in total. The maximum absolute atomic E-state index is 3.55. The lowest BCUT2D eigenvalue weighted by molar-refractivity contribution is 0.203. The van der Waals surface area contributed by atoms with Gasteiger partial charge in [-0.05, 0) is 55.2 Å². The van der Waals surface area contributed by atoms with Crippen molar-refractivity contribution >= 4 is 11.3 Å². The molecule has 16 heavy (non-hydrogen) atoms. The van der Waals surface area contributed by atoms with Crippen LogP contribution in [0.4, 0.5) is 0 Å². The van der Waals surface area contributed by atoms with Crippen molar-refractivity contribution in [2.24, 2.45) is 11.3 Å². The zero-order valence-electron chi connectivity index (χ0n) is 10.8. The molecule has 1 aliphatic rings. The van der Waals surface area contributed by atoms with Crippen LogP contribution in [0.1, 0.15) is 49.6 Å². The van der Waals surface area contributed by atoms with Crippen molar-refractivity contribution in [2.45, 2.75) is 46.1 Å². The number of aryl methyl sites for hydroxylation is 1. The second kappa shape index (κ2) is 4.50. The summed E-state index contributed by atoms with van der Waals surface area (Å²) in [4.78, 5) is 1.47. The number of rotatable bonds is 3. The molecule has 2 unspecified atom stereocenters. The van der Waals surface area contributed by atoms with Crippen molar-refractivity contribution in [1.29, 1.82) is 0 Å². The quantitative estimate of drug-likeness (QED) is 0.833. The summed E-state index contributed by atoms with van der Waals surface area (Å²) in [6, 6.07) is 2.85. The van der Waals surface area contributed by atoms with Crippen LogP contribution in [0.3, 0.4) is 0 Å². The predicted molar refractivity (Wildman–Crippen MR) is 72.0 cm³/mol. The van der Waals surface area contributed by atoms with E-state index >= 15 is 0 Å². The van der Waals surface area contributed by atoms with Gasteiger partial charge in [-0.3, -0.25) is 0 Å². The number of hydrogen-bond donors (Lipinski definition) is 1. The molecule has 0 spiro atoms. The van der Waals surface area contributed by atoms with E-state index in [-0.39, 0.29) is 0 Å². The molecule has 90 valence electrons. The van der Waals surface area contributed by atoms with Crippen molar-refractivity contribution in [1.82, 2.24) is 5.32 Å². The van der Waals surface area contributed by atoms with E-state index in [9.17, 15) is 0 Å². The summed E-state index contributed by atoms with van der Waals surface area (Å²) in [5.74, 6) is 0.783. The summed E-state index contributed by atoms with van der Waals surface area (Å²) in [5, 5.41) is 5.77. The molecule has 1 aromatic rings. The van der Waals surface area contributed by atoms with Crippen molar-refractivity contribution < 1.29 is 0 Å². The Morgan fingerprint density at radius 2 is 2.25 bits per heavy atom. The Hall–Kier alpha value is -0.340. The first kappa shape index (κ1) is 12.1. The molecular weight excluding hydrogens is 214 g/mol. The third-order valence-electron chi connectivity index (χ3n) is 4.29. The summed E-state index contributed by atoms with van der Waals surface area (Å²) in [6.07, 6.45) is 4.13. The molecule has 0 aliphatic heterocycles. The van der Waals surface area contributed by atoms with E-state index in [1.165, 1.54) is 29.7 Å². The van der Waals surface area contributed by atoms with Crippen LogP contribution in [0.5, 0.6) is 0 Å². The molecule has 1 aromatic heterocycles. The van der Waals surface area contributed by atoms with Crippen LogP contribution in [-0.2, 0) is 0 Å². The van der Waals surface area contributed by atoms with Gasteiger partial charge < -0.3 is 5.32 Å². The van der Waals surface area contributed by atoms with Gasteiger partial charge in [0, 0.05) is 10.9 Å². The van der Waals surface area contributed by atoms with Crippen molar-refractivity contribution in [3.05, 3.63) is 21.9 Å². The van der Waals surface area contributed by atoms with Gasteiger partial charge in [0.25, 0.3) is 0 Å². The highest BCUT2D eigenvalue weighted by molar-refractivity contribution is 7.10. The first-order valence-corrected chi connectivity index (χ1v) is 7.15. The normalized spacial score (nSPS) is 25.9. The summed E-state index contributed by atoms with van der Waals surface area (Å²) >= 11 is 1.87. The molecule has 1 aliphatic carbocycles. The molecule has 1 nitrogen and oxygen atoms in total. The molecule has 2 rings (SSSR count). The second-order valence-corrected chi connectivity index (χ2v) is 6.81. The lowest BCUT2D eigenvalue weighted by Crippen LogP contribution is -2.32. The Kier molecular flexibility index (Phi) is 3.41. The molecule has 0 bridgehead atoms. The fourth-order valence-corrected chi connectivity index (χ4v) is 4.01. The molecule has 1 heterocycles. The molecule has 2 atom stereocenters. The van der Waals surface area contributed by atoms with Crippen molar-refractivity contribution in [3.8, 4) is 0 Å². The molecule has 0 aromatic carbocycles. The van der Waals surface area contributed by atoms with Crippen molar-refractivity contribution in [3.63, 3.8) is 0 Å².